The number of aliphatic hydroxyl groups excluding tert-OH is 1. The van der Waals surface area contributed by atoms with Crippen LogP contribution in [0.1, 0.15) is 17.3 Å². The van der Waals surface area contributed by atoms with Crippen molar-refractivity contribution in [3.8, 4) is 0 Å². The third-order valence-corrected chi connectivity index (χ3v) is 4.40. The molecule has 1 aromatic carbocycles. The largest absolute Gasteiger partial charge is 0.507 e. The van der Waals surface area contributed by atoms with Crippen LogP contribution in [0.5, 0.6) is 0 Å². The fourth-order valence-corrected chi connectivity index (χ4v) is 3.04. The number of nitro benzene ring substituents is 1. The molecule has 1 saturated heterocycles. The van der Waals surface area contributed by atoms with Gasteiger partial charge < -0.3 is 14.7 Å². The number of non-ortho nitro benzene ring substituents is 1. The minimum Gasteiger partial charge on any atom is -0.507 e. The summed E-state index contributed by atoms with van der Waals surface area (Å²) in [6.07, 6.45) is 1.53. The second kappa shape index (κ2) is 7.97. The Morgan fingerprint density at radius 2 is 1.96 bits per heavy atom. The van der Waals surface area contributed by atoms with E-state index in [1.165, 1.54) is 42.5 Å². The van der Waals surface area contributed by atoms with Gasteiger partial charge in [0.05, 0.1) is 22.8 Å². The number of nitrogens with zero attached hydrogens (tertiary/aromatic N) is 3. The van der Waals surface area contributed by atoms with Gasteiger partial charge in [0.15, 0.2) is 0 Å². The number of nitro groups is 1. The standard InChI is InChI=1S/C19H17N3O6/c1-28-11-10-21-16(14-4-2-3-9-20-14)15(18(24)19(21)25)17(23)12-5-7-13(8-6-12)22(26)27/h2-9,16,23H,10-11H2,1H3/b17-15-. The molecule has 1 amide bonds. The Labute approximate surface area is 160 Å². The number of carbonyl (C=O) groups excluding carboxylic acids is 2. The molecule has 9 heteroatoms. The van der Waals surface area contributed by atoms with Crippen LogP contribution in [0.4, 0.5) is 5.69 Å². The van der Waals surface area contributed by atoms with Crippen LogP contribution in [-0.2, 0) is 14.3 Å². The van der Waals surface area contributed by atoms with Crippen LogP contribution in [0.25, 0.3) is 5.76 Å². The van der Waals surface area contributed by atoms with Gasteiger partial charge in [-0.15, -0.1) is 0 Å². The number of carbonyl (C=O) groups is 2. The van der Waals surface area contributed by atoms with Crippen molar-refractivity contribution < 1.29 is 24.4 Å². The van der Waals surface area contributed by atoms with Gasteiger partial charge in [-0.2, -0.15) is 0 Å². The van der Waals surface area contributed by atoms with Gasteiger partial charge >= 0.3 is 0 Å². The van der Waals surface area contributed by atoms with Gasteiger partial charge in [-0.25, -0.2) is 0 Å². The zero-order valence-corrected chi connectivity index (χ0v) is 14.9. The van der Waals surface area contributed by atoms with E-state index in [4.69, 9.17) is 4.74 Å². The molecule has 9 nitrogen and oxygen atoms in total. The molecule has 28 heavy (non-hydrogen) atoms. The number of methoxy groups -OCH3 is 1. The summed E-state index contributed by atoms with van der Waals surface area (Å²) in [7, 11) is 1.48. The van der Waals surface area contributed by atoms with Crippen LogP contribution >= 0.6 is 0 Å². The summed E-state index contributed by atoms with van der Waals surface area (Å²) < 4.78 is 5.02. The van der Waals surface area contributed by atoms with Gasteiger partial charge in [0.1, 0.15) is 11.8 Å². The summed E-state index contributed by atoms with van der Waals surface area (Å²) in [6, 6.07) is 9.26. The first-order valence-electron chi connectivity index (χ1n) is 8.38. The van der Waals surface area contributed by atoms with E-state index < -0.39 is 28.4 Å². The predicted molar refractivity (Wildman–Crippen MR) is 98.2 cm³/mol. The van der Waals surface area contributed by atoms with E-state index in [0.717, 1.165) is 0 Å². The van der Waals surface area contributed by atoms with E-state index in [1.54, 1.807) is 18.2 Å². The number of aromatic nitrogens is 1. The molecule has 1 aliphatic heterocycles. The molecule has 2 heterocycles. The Morgan fingerprint density at radius 1 is 1.25 bits per heavy atom. The lowest BCUT2D eigenvalue weighted by Gasteiger charge is -2.24. The molecule has 1 atom stereocenters. The zero-order valence-electron chi connectivity index (χ0n) is 14.9. The molecule has 1 fully saturated rings. The number of Topliss-reactive ketones (excluding diaryl/α,β-unsaturated/α-hetero) is 1. The number of pyridine rings is 1. The summed E-state index contributed by atoms with van der Waals surface area (Å²) in [5, 5.41) is 21.6. The Balaban J connectivity index is 2.11. The van der Waals surface area contributed by atoms with E-state index in [-0.39, 0.29) is 30.0 Å². The van der Waals surface area contributed by atoms with E-state index in [2.05, 4.69) is 4.98 Å². The molecule has 0 bridgehead atoms. The lowest BCUT2D eigenvalue weighted by Crippen LogP contribution is -2.33. The Morgan fingerprint density at radius 3 is 2.54 bits per heavy atom. The SMILES string of the molecule is COCCN1C(=O)C(=O)/C(=C(\O)c2ccc([N+](=O)[O-])cc2)C1c1ccccn1. The third-order valence-electron chi connectivity index (χ3n) is 4.40. The quantitative estimate of drug-likeness (QED) is 0.266. The monoisotopic (exact) mass is 383 g/mol. The minimum atomic E-state index is -0.883. The van der Waals surface area contributed by atoms with Gasteiger partial charge in [-0.1, -0.05) is 6.07 Å². The van der Waals surface area contributed by atoms with Crippen LogP contribution in [0.2, 0.25) is 0 Å². The van der Waals surface area contributed by atoms with E-state index >= 15 is 0 Å². The number of amides is 1. The fourth-order valence-electron chi connectivity index (χ4n) is 3.04. The summed E-state index contributed by atoms with van der Waals surface area (Å²) in [4.78, 5) is 41.0. The lowest BCUT2D eigenvalue weighted by atomic mass is 9.98. The maximum atomic E-state index is 12.7. The van der Waals surface area contributed by atoms with Crippen molar-refractivity contribution in [2.24, 2.45) is 0 Å². The average molecular weight is 383 g/mol. The molecule has 1 N–H and O–H groups in total. The highest BCUT2D eigenvalue weighted by Gasteiger charge is 2.46. The number of rotatable bonds is 6. The maximum Gasteiger partial charge on any atom is 0.295 e. The molecule has 0 aliphatic carbocycles. The second-order valence-electron chi connectivity index (χ2n) is 6.04. The summed E-state index contributed by atoms with van der Waals surface area (Å²) >= 11 is 0. The number of benzene rings is 1. The molecule has 0 spiro atoms. The molecule has 0 saturated carbocycles. The lowest BCUT2D eigenvalue weighted by molar-refractivity contribution is -0.384. The van der Waals surface area contributed by atoms with Crippen molar-refractivity contribution in [3.05, 3.63) is 75.6 Å². The molecule has 2 aromatic rings. The van der Waals surface area contributed by atoms with Gasteiger partial charge in [0, 0.05) is 37.5 Å². The molecule has 1 unspecified atom stereocenters. The first-order chi connectivity index (χ1) is 13.5. The Bertz CT molecular complexity index is 940. The normalized spacial score (nSPS) is 18.5. The van der Waals surface area contributed by atoms with E-state index in [1.807, 2.05) is 0 Å². The number of likely N-dealkylation sites (tertiary alicyclic amines) is 1. The number of aliphatic hydroxyl groups is 1. The molecule has 1 aromatic heterocycles. The van der Waals surface area contributed by atoms with Crippen molar-refractivity contribution in [2.75, 3.05) is 20.3 Å². The predicted octanol–water partition coefficient (Wildman–Crippen LogP) is 2.06. The minimum absolute atomic E-state index is 0.117. The van der Waals surface area contributed by atoms with Crippen molar-refractivity contribution in [3.63, 3.8) is 0 Å². The summed E-state index contributed by atoms with van der Waals surface area (Å²) in [6.45, 7) is 0.341. The van der Waals surface area contributed by atoms with Crippen molar-refractivity contribution in [1.29, 1.82) is 0 Å². The average Bonchev–Trinajstić information content (AvgIpc) is 2.97. The molecule has 1 aliphatic rings. The van der Waals surface area contributed by atoms with Gasteiger partial charge in [-0.3, -0.25) is 24.7 Å². The fraction of sp³-hybridized carbons (Fsp3) is 0.211. The zero-order chi connectivity index (χ0) is 20.3. The van der Waals surface area contributed by atoms with Crippen LogP contribution in [0.3, 0.4) is 0 Å². The Hall–Kier alpha value is -3.59. The van der Waals surface area contributed by atoms with Crippen LogP contribution in [-0.4, -0.2) is 51.9 Å². The van der Waals surface area contributed by atoms with Crippen molar-refractivity contribution in [2.45, 2.75) is 6.04 Å². The molecule has 0 radical (unpaired) electrons. The summed E-state index contributed by atoms with van der Waals surface area (Å²) in [5.41, 5.74) is 0.338. The van der Waals surface area contributed by atoms with Crippen LogP contribution in [0, 0.1) is 10.1 Å². The molecular formula is C19H17N3O6. The van der Waals surface area contributed by atoms with E-state index in [0.29, 0.717) is 5.69 Å². The number of hydrogen-bond acceptors (Lipinski definition) is 7. The van der Waals surface area contributed by atoms with Crippen LogP contribution < -0.4 is 0 Å². The highest BCUT2D eigenvalue weighted by Crippen LogP contribution is 2.38. The van der Waals surface area contributed by atoms with Gasteiger partial charge in [0.2, 0.25) is 0 Å². The summed E-state index contributed by atoms with van der Waals surface area (Å²) in [5.74, 6) is -2.03. The maximum absolute atomic E-state index is 12.7. The Kier molecular flexibility index (Phi) is 5.46. The van der Waals surface area contributed by atoms with Gasteiger partial charge in [-0.05, 0) is 24.3 Å². The smallest absolute Gasteiger partial charge is 0.295 e. The van der Waals surface area contributed by atoms with Crippen LogP contribution in [0.15, 0.2) is 54.2 Å². The topological polar surface area (TPSA) is 123 Å². The first kappa shape index (κ1) is 19.2. The number of hydrogen-bond donors (Lipinski definition) is 1. The van der Waals surface area contributed by atoms with Gasteiger partial charge in [0.25, 0.3) is 17.4 Å². The third kappa shape index (κ3) is 3.47. The van der Waals surface area contributed by atoms with Crippen molar-refractivity contribution in [1.82, 2.24) is 9.88 Å². The molecule has 144 valence electrons. The number of ketones is 1. The highest BCUT2D eigenvalue weighted by atomic mass is 16.6. The second-order valence-corrected chi connectivity index (χ2v) is 6.04. The molecule has 3 rings (SSSR count). The van der Waals surface area contributed by atoms with E-state index in [9.17, 15) is 24.8 Å². The number of ether oxygens (including phenoxy) is 1. The van der Waals surface area contributed by atoms with Crippen molar-refractivity contribution >= 4 is 23.1 Å². The first-order valence-corrected chi connectivity index (χ1v) is 8.38. The molecular weight excluding hydrogens is 366 g/mol. The highest BCUT2D eigenvalue weighted by molar-refractivity contribution is 6.46.